The Morgan fingerprint density at radius 1 is 0.556 bits per heavy atom. The van der Waals surface area contributed by atoms with Gasteiger partial charge in [-0.15, -0.1) is 0 Å². The SMILES string of the molecule is CC(=O)CC(=O)Nc1nc(NC(=O)CC(C)=O)nc(NC(=O)CC(C)=O)n1. The van der Waals surface area contributed by atoms with E-state index in [0.29, 0.717) is 0 Å². The van der Waals surface area contributed by atoms with Gasteiger partial charge in [0.15, 0.2) is 0 Å². The van der Waals surface area contributed by atoms with Crippen LogP contribution in [0.3, 0.4) is 0 Å². The third kappa shape index (κ3) is 8.90. The summed E-state index contributed by atoms with van der Waals surface area (Å²) in [4.78, 5) is 79.3. The zero-order valence-corrected chi connectivity index (χ0v) is 14.9. The smallest absolute Gasteiger partial charge is 0.236 e. The molecule has 0 aromatic carbocycles. The molecule has 0 aliphatic rings. The average molecular weight is 378 g/mol. The second-order valence-corrected chi connectivity index (χ2v) is 5.59. The van der Waals surface area contributed by atoms with E-state index in [0.717, 1.165) is 0 Å². The van der Waals surface area contributed by atoms with Gasteiger partial charge in [0.25, 0.3) is 0 Å². The molecule has 0 bridgehead atoms. The molecule has 3 amide bonds. The van der Waals surface area contributed by atoms with Gasteiger partial charge in [0.2, 0.25) is 35.6 Å². The van der Waals surface area contributed by atoms with Crippen molar-refractivity contribution in [3.63, 3.8) is 0 Å². The Morgan fingerprint density at radius 2 is 0.778 bits per heavy atom. The molecule has 12 nitrogen and oxygen atoms in total. The van der Waals surface area contributed by atoms with Gasteiger partial charge in [-0.05, 0) is 20.8 Å². The molecule has 0 spiro atoms. The number of nitrogens with zero attached hydrogens (tertiary/aromatic N) is 3. The van der Waals surface area contributed by atoms with Crippen LogP contribution in [0, 0.1) is 0 Å². The van der Waals surface area contributed by atoms with Crippen molar-refractivity contribution >= 4 is 52.9 Å². The molecule has 144 valence electrons. The first-order valence-corrected chi connectivity index (χ1v) is 7.69. The van der Waals surface area contributed by atoms with Gasteiger partial charge in [-0.25, -0.2) is 0 Å². The van der Waals surface area contributed by atoms with E-state index >= 15 is 0 Å². The molecule has 0 radical (unpaired) electrons. The molecule has 1 rings (SSSR count). The summed E-state index contributed by atoms with van der Waals surface area (Å²) in [7, 11) is 0. The minimum absolute atomic E-state index is 0.340. The summed E-state index contributed by atoms with van der Waals surface area (Å²) in [5, 5.41) is 6.67. The normalized spacial score (nSPS) is 9.89. The van der Waals surface area contributed by atoms with Crippen LogP contribution in [-0.2, 0) is 28.8 Å². The fourth-order valence-corrected chi connectivity index (χ4v) is 1.73. The molecule has 0 aliphatic heterocycles. The Hall–Kier alpha value is -3.57. The van der Waals surface area contributed by atoms with E-state index in [1.54, 1.807) is 0 Å². The van der Waals surface area contributed by atoms with Crippen LogP contribution in [0.5, 0.6) is 0 Å². The topological polar surface area (TPSA) is 177 Å². The second kappa shape index (κ2) is 9.79. The zero-order chi connectivity index (χ0) is 20.6. The van der Waals surface area contributed by atoms with Gasteiger partial charge in [-0.2, -0.15) is 15.0 Å². The first kappa shape index (κ1) is 21.5. The summed E-state index contributed by atoms with van der Waals surface area (Å²) in [6.07, 6.45) is -1.28. The first-order valence-electron chi connectivity index (χ1n) is 7.69. The molecule has 0 atom stereocenters. The van der Waals surface area contributed by atoms with Gasteiger partial charge in [0.05, 0.1) is 19.3 Å². The number of hydrogen-bond acceptors (Lipinski definition) is 9. The molecule has 12 heteroatoms. The van der Waals surface area contributed by atoms with Gasteiger partial charge < -0.3 is 0 Å². The largest absolute Gasteiger partial charge is 0.299 e. The van der Waals surface area contributed by atoms with Crippen molar-refractivity contribution in [3.05, 3.63) is 0 Å². The Bertz CT molecular complexity index is 689. The third-order valence-corrected chi connectivity index (χ3v) is 2.62. The number of anilines is 3. The fourth-order valence-electron chi connectivity index (χ4n) is 1.73. The molecule has 1 aromatic heterocycles. The third-order valence-electron chi connectivity index (χ3n) is 2.62. The predicted molar refractivity (Wildman–Crippen MR) is 91.6 cm³/mol. The van der Waals surface area contributed by atoms with E-state index in [-0.39, 0.29) is 17.8 Å². The van der Waals surface area contributed by atoms with Crippen molar-refractivity contribution in [2.24, 2.45) is 0 Å². The highest BCUT2D eigenvalue weighted by Crippen LogP contribution is 2.11. The second-order valence-electron chi connectivity index (χ2n) is 5.59. The van der Waals surface area contributed by atoms with E-state index in [1.165, 1.54) is 20.8 Å². The van der Waals surface area contributed by atoms with Crippen LogP contribution >= 0.6 is 0 Å². The quantitative estimate of drug-likeness (QED) is 0.483. The van der Waals surface area contributed by atoms with Crippen LogP contribution in [0.4, 0.5) is 17.8 Å². The number of ketones is 3. The number of carbonyl (C=O) groups is 6. The summed E-state index contributed by atoms with van der Waals surface area (Å²) in [6.45, 7) is 3.65. The van der Waals surface area contributed by atoms with Gasteiger partial charge >= 0.3 is 0 Å². The monoisotopic (exact) mass is 378 g/mol. The molecule has 3 N–H and O–H groups in total. The standard InChI is InChI=1S/C15H18N6O6/c1-7(22)4-10(25)16-13-19-14(17-11(26)5-8(2)23)21-15(20-13)18-12(27)6-9(3)24/h4-6H2,1-3H3,(H3,16,17,18,19,20,21,25,26,27). The molecule has 0 unspecified atom stereocenters. The van der Waals surface area contributed by atoms with Crippen molar-refractivity contribution < 1.29 is 28.8 Å². The van der Waals surface area contributed by atoms with Crippen LogP contribution in [0.1, 0.15) is 40.0 Å². The molecule has 27 heavy (non-hydrogen) atoms. The van der Waals surface area contributed by atoms with Gasteiger partial charge in [0, 0.05) is 0 Å². The lowest BCUT2D eigenvalue weighted by Gasteiger charge is -2.09. The van der Waals surface area contributed by atoms with Crippen LogP contribution in [-0.4, -0.2) is 50.0 Å². The molecule has 1 heterocycles. The zero-order valence-electron chi connectivity index (χ0n) is 14.9. The molecular weight excluding hydrogens is 360 g/mol. The Morgan fingerprint density at radius 3 is 0.963 bits per heavy atom. The molecular formula is C15H18N6O6. The molecule has 0 saturated carbocycles. The highest BCUT2D eigenvalue weighted by molar-refractivity contribution is 6.05. The van der Waals surface area contributed by atoms with E-state index in [9.17, 15) is 28.8 Å². The van der Waals surface area contributed by atoms with E-state index in [1.807, 2.05) is 0 Å². The number of nitrogens with one attached hydrogen (secondary N) is 3. The van der Waals surface area contributed by atoms with Crippen LogP contribution in [0.2, 0.25) is 0 Å². The summed E-state index contributed by atoms with van der Waals surface area (Å²) in [6, 6.07) is 0. The predicted octanol–water partition coefficient (Wildman–Crippen LogP) is -0.376. The Balaban J connectivity index is 3.05. The number of carbonyl (C=O) groups excluding carboxylic acids is 6. The number of Topliss-reactive ketones (excluding diaryl/α,β-unsaturated/α-hetero) is 3. The Kier molecular flexibility index (Phi) is 7.79. The van der Waals surface area contributed by atoms with Crippen LogP contribution < -0.4 is 16.0 Å². The van der Waals surface area contributed by atoms with Crippen molar-refractivity contribution in [3.8, 4) is 0 Å². The highest BCUT2D eigenvalue weighted by Gasteiger charge is 2.15. The maximum absolute atomic E-state index is 11.7. The number of hydrogen-bond donors (Lipinski definition) is 3. The molecule has 0 fully saturated rings. The van der Waals surface area contributed by atoms with Crippen molar-refractivity contribution in [1.29, 1.82) is 0 Å². The average Bonchev–Trinajstić information content (AvgIpc) is 2.43. The van der Waals surface area contributed by atoms with Crippen LogP contribution in [0.15, 0.2) is 0 Å². The summed E-state index contributed by atoms with van der Waals surface area (Å²) in [5.41, 5.74) is 0. The van der Waals surface area contributed by atoms with Gasteiger partial charge in [-0.1, -0.05) is 0 Å². The maximum atomic E-state index is 11.7. The van der Waals surface area contributed by atoms with Crippen molar-refractivity contribution in [2.45, 2.75) is 40.0 Å². The lowest BCUT2D eigenvalue weighted by molar-refractivity contribution is -0.125. The van der Waals surface area contributed by atoms with Crippen molar-refractivity contribution in [1.82, 2.24) is 15.0 Å². The minimum atomic E-state index is -0.712. The highest BCUT2D eigenvalue weighted by atomic mass is 16.2. The number of aromatic nitrogens is 3. The Labute approximate surface area is 153 Å². The lowest BCUT2D eigenvalue weighted by Crippen LogP contribution is -2.22. The van der Waals surface area contributed by atoms with Crippen LogP contribution in [0.25, 0.3) is 0 Å². The van der Waals surface area contributed by atoms with E-state index in [2.05, 4.69) is 30.9 Å². The van der Waals surface area contributed by atoms with E-state index < -0.39 is 54.3 Å². The first-order chi connectivity index (χ1) is 12.5. The van der Waals surface area contributed by atoms with Gasteiger partial charge in [0.1, 0.15) is 17.3 Å². The molecule has 0 aliphatic carbocycles. The summed E-state index contributed by atoms with van der Waals surface area (Å²) < 4.78 is 0. The molecule has 0 saturated heterocycles. The fraction of sp³-hybridized carbons (Fsp3) is 0.400. The van der Waals surface area contributed by atoms with Gasteiger partial charge in [-0.3, -0.25) is 44.7 Å². The summed E-state index contributed by atoms with van der Waals surface area (Å²) >= 11 is 0. The summed E-state index contributed by atoms with van der Waals surface area (Å²) in [5.74, 6) is -4.35. The maximum Gasteiger partial charge on any atom is 0.236 e. The lowest BCUT2D eigenvalue weighted by atomic mass is 10.3. The van der Waals surface area contributed by atoms with Crippen molar-refractivity contribution in [2.75, 3.05) is 16.0 Å². The number of rotatable bonds is 9. The number of amides is 3. The molecule has 1 aromatic rings. The minimum Gasteiger partial charge on any atom is -0.299 e. The van der Waals surface area contributed by atoms with E-state index in [4.69, 9.17) is 0 Å².